The van der Waals surface area contributed by atoms with Gasteiger partial charge >= 0.3 is 14.2 Å². The molecule has 2 rings (SSSR count). The van der Waals surface area contributed by atoms with Gasteiger partial charge in [-0.15, -0.1) is 0 Å². The molecular formula is C11H20FN3O4PS+. The molecular weight excluding hydrogens is 320 g/mol. The molecule has 0 saturated heterocycles. The molecule has 2 N–H and O–H groups in total. The summed E-state index contributed by atoms with van der Waals surface area (Å²) in [5.74, 6) is 0. The molecule has 2 heterocycles. The van der Waals surface area contributed by atoms with E-state index < -0.39 is 14.2 Å². The van der Waals surface area contributed by atoms with E-state index in [1.54, 1.807) is 0 Å². The maximum Gasteiger partial charge on any atom is 0.469 e. The van der Waals surface area contributed by atoms with Gasteiger partial charge in [-0.25, -0.2) is 9.46 Å². The number of phosphoric acid groups is 1. The molecule has 1 atom stereocenters. The van der Waals surface area contributed by atoms with Gasteiger partial charge < -0.3 is 9.79 Å². The lowest BCUT2D eigenvalue weighted by Crippen LogP contribution is -2.56. The van der Waals surface area contributed by atoms with Crippen LogP contribution in [-0.2, 0) is 20.9 Å². The van der Waals surface area contributed by atoms with Crippen molar-refractivity contribution in [3.63, 3.8) is 0 Å². The third-order valence-electron chi connectivity index (χ3n) is 3.06. The lowest BCUT2D eigenvalue weighted by atomic mass is 9.98. The van der Waals surface area contributed by atoms with Gasteiger partial charge in [-0.05, 0) is 16.0 Å². The molecule has 0 aliphatic carbocycles. The minimum atomic E-state index is -4.51. The summed E-state index contributed by atoms with van der Waals surface area (Å²) in [4.78, 5) is 18.7. The van der Waals surface area contributed by atoms with Gasteiger partial charge in [0.05, 0.1) is 13.0 Å². The quantitative estimate of drug-likeness (QED) is 0.485. The van der Waals surface area contributed by atoms with Gasteiger partial charge in [-0.2, -0.15) is 4.39 Å². The number of hydrogen-bond donors (Lipinski definition) is 2. The van der Waals surface area contributed by atoms with Crippen LogP contribution in [0.25, 0.3) is 0 Å². The molecule has 21 heavy (non-hydrogen) atoms. The molecule has 0 amide bonds. The van der Waals surface area contributed by atoms with Crippen molar-refractivity contribution >= 4 is 19.2 Å². The zero-order valence-corrected chi connectivity index (χ0v) is 13.9. The van der Waals surface area contributed by atoms with E-state index in [4.69, 9.17) is 9.79 Å². The third-order valence-corrected chi connectivity index (χ3v) is 5.10. The first-order valence-corrected chi connectivity index (χ1v) is 8.93. The van der Waals surface area contributed by atoms with Crippen LogP contribution in [0.1, 0.15) is 37.2 Å². The van der Waals surface area contributed by atoms with Gasteiger partial charge in [0.1, 0.15) is 0 Å². The van der Waals surface area contributed by atoms with Crippen LogP contribution < -0.4 is 4.68 Å². The van der Waals surface area contributed by atoms with Crippen LogP contribution in [0.4, 0.5) is 4.39 Å². The van der Waals surface area contributed by atoms with E-state index in [0.717, 1.165) is 10.0 Å². The van der Waals surface area contributed by atoms with E-state index in [1.807, 2.05) is 20.8 Å². The summed E-state index contributed by atoms with van der Waals surface area (Å²) in [7, 11) is -4.51. The van der Waals surface area contributed by atoms with Gasteiger partial charge in [-0.1, -0.05) is 20.8 Å². The molecule has 120 valence electrons. The highest BCUT2D eigenvalue weighted by Gasteiger charge is 2.40. The molecule has 7 nitrogen and oxygen atoms in total. The summed E-state index contributed by atoms with van der Waals surface area (Å²) in [6.45, 7) is 6.42. The molecule has 10 heteroatoms. The molecule has 1 aliphatic rings. The molecule has 0 aromatic carbocycles. The first-order valence-electron chi connectivity index (χ1n) is 6.58. The fourth-order valence-corrected chi connectivity index (χ4v) is 3.36. The standard InChI is InChI=1S/C11H19FN3O4PS/c1-11(2,3)9-13-15-8(21-9)4-5-14(10(15)12)6-7-19-20(16,17)18/h10H,4-7H2,1-3H3,(H-,16,17,18)/p+1. The number of alkyl halides is 1. The highest BCUT2D eigenvalue weighted by atomic mass is 32.1. The fraction of sp³-hybridized carbons (Fsp3) is 0.818. The van der Waals surface area contributed by atoms with Crippen molar-refractivity contribution in [3.8, 4) is 0 Å². The number of aromatic nitrogens is 2. The second-order valence-electron chi connectivity index (χ2n) is 5.92. The van der Waals surface area contributed by atoms with E-state index in [9.17, 15) is 8.96 Å². The Morgan fingerprint density at radius 3 is 2.81 bits per heavy atom. The topological polar surface area (TPSA) is 86.8 Å². The Hall–Kier alpha value is -0.440. The average molecular weight is 340 g/mol. The molecule has 0 saturated carbocycles. The van der Waals surface area contributed by atoms with Crippen molar-refractivity contribution < 1.29 is 27.9 Å². The first kappa shape index (κ1) is 16.9. The predicted octanol–water partition coefficient (Wildman–Crippen LogP) is 1.12. The molecule has 0 bridgehead atoms. The molecule has 0 spiro atoms. The Morgan fingerprint density at radius 2 is 2.24 bits per heavy atom. The van der Waals surface area contributed by atoms with Crippen molar-refractivity contribution in [2.45, 2.75) is 39.0 Å². The zero-order valence-electron chi connectivity index (χ0n) is 12.2. The summed E-state index contributed by atoms with van der Waals surface area (Å²) in [6, 6.07) is 0. The van der Waals surface area contributed by atoms with Crippen molar-refractivity contribution in [2.24, 2.45) is 0 Å². The van der Waals surface area contributed by atoms with E-state index >= 15 is 0 Å². The predicted molar refractivity (Wildman–Crippen MR) is 74.4 cm³/mol. The largest absolute Gasteiger partial charge is 0.469 e. The summed E-state index contributed by atoms with van der Waals surface area (Å²) < 4.78 is 30.8. The Balaban J connectivity index is 2.04. The second-order valence-corrected chi connectivity index (χ2v) is 8.22. The minimum Gasteiger partial charge on any atom is -0.303 e. The van der Waals surface area contributed by atoms with E-state index in [0.29, 0.717) is 13.0 Å². The lowest BCUT2D eigenvalue weighted by molar-refractivity contribution is -0.825. The first-order chi connectivity index (χ1) is 9.58. The number of rotatable bonds is 4. The monoisotopic (exact) mass is 340 g/mol. The van der Waals surface area contributed by atoms with Crippen molar-refractivity contribution in [1.82, 2.24) is 10.00 Å². The summed E-state index contributed by atoms with van der Waals surface area (Å²) >= 11 is 1.51. The number of fused-ring (bicyclic) bond motifs is 1. The highest BCUT2D eigenvalue weighted by Crippen LogP contribution is 2.35. The molecule has 1 aromatic rings. The lowest BCUT2D eigenvalue weighted by Gasteiger charge is -2.23. The number of phosphoric ester groups is 1. The summed E-state index contributed by atoms with van der Waals surface area (Å²) in [6.07, 6.45) is -0.772. The summed E-state index contributed by atoms with van der Waals surface area (Å²) in [5.41, 5.74) is -0.136. The van der Waals surface area contributed by atoms with E-state index in [1.165, 1.54) is 20.9 Å². The normalized spacial score (nSPS) is 20.6. The highest BCUT2D eigenvalue weighted by molar-refractivity contribution is 7.46. The number of nitrogens with zero attached hydrogens (tertiary/aromatic N) is 3. The Kier molecular flexibility index (Phi) is 4.82. The Labute approximate surface area is 126 Å². The van der Waals surface area contributed by atoms with Gasteiger partial charge in [0.15, 0.2) is 5.01 Å². The van der Waals surface area contributed by atoms with Crippen LogP contribution in [0.5, 0.6) is 0 Å². The number of halogens is 1. The Bertz CT molecular complexity index is 556. The molecule has 0 fully saturated rings. The van der Waals surface area contributed by atoms with Crippen LogP contribution in [0.15, 0.2) is 0 Å². The smallest absolute Gasteiger partial charge is 0.303 e. The SMILES string of the molecule is CC(C)(C)c1n[n+]2c(s1)CCN(CCOP(=O)(O)O)C2F. The van der Waals surface area contributed by atoms with E-state index in [2.05, 4.69) is 9.62 Å². The van der Waals surface area contributed by atoms with Crippen LogP contribution in [0.2, 0.25) is 0 Å². The molecule has 1 aliphatic heterocycles. The maximum absolute atomic E-state index is 14.4. The van der Waals surface area contributed by atoms with Crippen molar-refractivity contribution in [3.05, 3.63) is 10.0 Å². The van der Waals surface area contributed by atoms with Crippen LogP contribution in [-0.4, -0.2) is 39.5 Å². The van der Waals surface area contributed by atoms with Crippen molar-refractivity contribution in [2.75, 3.05) is 19.7 Å². The van der Waals surface area contributed by atoms with Crippen LogP contribution in [0.3, 0.4) is 0 Å². The molecule has 1 aromatic heterocycles. The Morgan fingerprint density at radius 1 is 1.57 bits per heavy atom. The number of hydrogen-bond acceptors (Lipinski definition) is 5. The summed E-state index contributed by atoms with van der Waals surface area (Å²) in [5, 5.41) is 6.08. The van der Waals surface area contributed by atoms with Gasteiger partial charge in [0.25, 0.3) is 5.01 Å². The van der Waals surface area contributed by atoms with Gasteiger partial charge in [0, 0.05) is 23.6 Å². The third kappa shape index (κ3) is 4.28. The second kappa shape index (κ2) is 5.98. The van der Waals surface area contributed by atoms with Crippen LogP contribution in [0, 0.1) is 0 Å². The van der Waals surface area contributed by atoms with Crippen molar-refractivity contribution in [1.29, 1.82) is 0 Å². The maximum atomic E-state index is 14.4. The minimum absolute atomic E-state index is 0.0983. The zero-order chi connectivity index (χ0) is 15.8. The molecule has 1 unspecified atom stereocenters. The average Bonchev–Trinajstić information content (AvgIpc) is 2.75. The van der Waals surface area contributed by atoms with Crippen LogP contribution >= 0.6 is 19.2 Å². The molecule has 0 radical (unpaired) electrons. The fourth-order valence-electron chi connectivity index (χ4n) is 1.96. The van der Waals surface area contributed by atoms with Gasteiger partial charge in [-0.3, -0.25) is 4.52 Å². The van der Waals surface area contributed by atoms with Gasteiger partial charge in [0.2, 0.25) is 0 Å². The van der Waals surface area contributed by atoms with E-state index in [-0.39, 0.29) is 18.6 Å².